The molecule has 2 aliphatic rings. The number of carbonyl (C=O) groups is 1. The summed E-state index contributed by atoms with van der Waals surface area (Å²) in [5.41, 5.74) is 3.83. The van der Waals surface area contributed by atoms with E-state index in [9.17, 15) is 4.79 Å². The van der Waals surface area contributed by atoms with E-state index in [1.54, 1.807) is 7.11 Å². The number of allylic oxidation sites excluding steroid dienone is 1. The lowest BCUT2D eigenvalue weighted by molar-refractivity contribution is 0.129. The number of hydrogen-bond donors (Lipinski definition) is 0. The van der Waals surface area contributed by atoms with Crippen LogP contribution < -0.4 is 9.47 Å². The fourth-order valence-corrected chi connectivity index (χ4v) is 7.77. The average molecular weight is 604 g/mol. The van der Waals surface area contributed by atoms with Gasteiger partial charge >= 0.3 is 0 Å². The number of rotatable bonds is 9. The first kappa shape index (κ1) is 28.2. The molecule has 0 aliphatic carbocycles. The molecule has 0 unspecified atom stereocenters. The molecule has 2 aromatic heterocycles. The van der Waals surface area contributed by atoms with Gasteiger partial charge in [0, 0.05) is 36.3 Å². The number of piperidine rings is 1. The molecule has 44 heavy (non-hydrogen) atoms. The van der Waals surface area contributed by atoms with Gasteiger partial charge in [-0.25, -0.2) is 0 Å². The molecule has 2 fully saturated rings. The fourth-order valence-electron chi connectivity index (χ4n) is 6.45. The lowest BCUT2D eigenvalue weighted by Crippen LogP contribution is -2.43. The van der Waals surface area contributed by atoms with Gasteiger partial charge in [0.2, 0.25) is 0 Å². The van der Waals surface area contributed by atoms with Gasteiger partial charge in [0.05, 0.1) is 24.1 Å². The predicted molar refractivity (Wildman–Crippen MR) is 173 cm³/mol. The van der Waals surface area contributed by atoms with E-state index in [4.69, 9.17) is 9.47 Å². The molecule has 222 valence electrons. The van der Waals surface area contributed by atoms with E-state index in [-0.39, 0.29) is 22.4 Å². The molecule has 2 aliphatic heterocycles. The van der Waals surface area contributed by atoms with E-state index in [0.29, 0.717) is 12.5 Å². The van der Waals surface area contributed by atoms with Crippen molar-refractivity contribution >= 4 is 27.9 Å². The Labute approximate surface area is 260 Å². The molecule has 4 atom stereocenters. The maximum atomic E-state index is 13.1. The zero-order chi connectivity index (χ0) is 30.0. The quantitative estimate of drug-likeness (QED) is 0.159. The molecule has 1 amide bonds. The zero-order valence-corrected chi connectivity index (χ0v) is 25.3. The number of aromatic nitrogens is 4. The van der Waals surface area contributed by atoms with Crippen molar-refractivity contribution in [3.05, 3.63) is 109 Å². The summed E-state index contributed by atoms with van der Waals surface area (Å²) in [5, 5.41) is 10.1. The summed E-state index contributed by atoms with van der Waals surface area (Å²) < 4.78 is 13.3. The van der Waals surface area contributed by atoms with Crippen LogP contribution in [0.25, 0.3) is 22.2 Å². The summed E-state index contributed by atoms with van der Waals surface area (Å²) in [5.74, 6) is 2.92. The number of methoxy groups -OCH3 is 1. The Hall–Kier alpha value is -4.63. The second kappa shape index (κ2) is 12.2. The largest absolute Gasteiger partial charge is 0.497 e. The van der Waals surface area contributed by atoms with Gasteiger partial charge in [0.1, 0.15) is 22.9 Å². The Morgan fingerprint density at radius 2 is 1.84 bits per heavy atom. The summed E-state index contributed by atoms with van der Waals surface area (Å²) >= 11 is 1.44. The van der Waals surface area contributed by atoms with E-state index in [0.717, 1.165) is 64.4 Å². The van der Waals surface area contributed by atoms with Crippen molar-refractivity contribution in [1.82, 2.24) is 24.9 Å². The van der Waals surface area contributed by atoms with Crippen LogP contribution >= 0.6 is 11.8 Å². The molecule has 8 nitrogen and oxygen atoms in total. The Morgan fingerprint density at radius 1 is 1.05 bits per heavy atom. The van der Waals surface area contributed by atoms with Crippen LogP contribution in [0.2, 0.25) is 0 Å². The highest BCUT2D eigenvalue weighted by Gasteiger charge is 2.46. The number of carbonyl (C=O) groups excluding carboxylic acids is 1. The maximum absolute atomic E-state index is 13.1. The average Bonchev–Trinajstić information content (AvgIpc) is 3.67. The minimum atomic E-state index is 0.0280. The van der Waals surface area contributed by atoms with Gasteiger partial charge < -0.3 is 14.4 Å². The second-order valence-corrected chi connectivity index (χ2v) is 12.4. The fraction of sp³-hybridized carbons (Fsp3) is 0.257. The summed E-state index contributed by atoms with van der Waals surface area (Å²) in [6, 6.07) is 25.7. The van der Waals surface area contributed by atoms with Crippen LogP contribution in [-0.2, 0) is 6.54 Å². The highest BCUT2D eigenvalue weighted by atomic mass is 32.2. The number of pyridine rings is 1. The predicted octanol–water partition coefficient (Wildman–Crippen LogP) is 7.79. The Kier molecular flexibility index (Phi) is 7.78. The van der Waals surface area contributed by atoms with Gasteiger partial charge in [-0.1, -0.05) is 41.3 Å². The van der Waals surface area contributed by atoms with E-state index >= 15 is 0 Å². The Morgan fingerprint density at radius 3 is 2.64 bits per heavy atom. The van der Waals surface area contributed by atoms with Crippen molar-refractivity contribution in [1.29, 1.82) is 0 Å². The third-order valence-corrected chi connectivity index (χ3v) is 10.0. The van der Waals surface area contributed by atoms with Crippen LogP contribution in [0.5, 0.6) is 17.2 Å². The first-order valence-corrected chi connectivity index (χ1v) is 15.7. The van der Waals surface area contributed by atoms with Crippen molar-refractivity contribution in [2.45, 2.75) is 30.7 Å². The monoisotopic (exact) mass is 603 g/mol. The standard InChI is InChI=1S/C35H33N5O3S/c1-3-23(21-39-22-32(37-38-39)24-9-11-27(12-10-24)43-26-7-5-4-6-8-26)25-16-18-40-33(19-25)34(44-35(40)41)29-15-17-36-31-14-13-28(42-2)20-30(29)31/h3-15,17,20,22-23,25,33-34H,1,16,18-19,21H2,2H3/t23-,25-,33-,34-/m0/s1. The van der Waals surface area contributed by atoms with Gasteiger partial charge in [-0.05, 0) is 90.9 Å². The van der Waals surface area contributed by atoms with Crippen molar-refractivity contribution in [2.75, 3.05) is 13.7 Å². The molecule has 0 N–H and O–H groups in total. The number of amides is 1. The van der Waals surface area contributed by atoms with E-state index < -0.39 is 0 Å². The van der Waals surface area contributed by atoms with Crippen molar-refractivity contribution in [3.8, 4) is 28.5 Å². The number of nitrogens with zero attached hydrogens (tertiary/aromatic N) is 5. The number of para-hydroxylation sites is 1. The van der Waals surface area contributed by atoms with Crippen molar-refractivity contribution in [3.63, 3.8) is 0 Å². The molecule has 5 aromatic rings. The first-order valence-electron chi connectivity index (χ1n) is 14.9. The van der Waals surface area contributed by atoms with Crippen molar-refractivity contribution in [2.24, 2.45) is 11.8 Å². The van der Waals surface area contributed by atoms with Gasteiger partial charge in [-0.3, -0.25) is 14.5 Å². The van der Waals surface area contributed by atoms with Crippen LogP contribution in [0.4, 0.5) is 4.79 Å². The molecular weight excluding hydrogens is 570 g/mol. The van der Waals surface area contributed by atoms with E-state index in [1.807, 2.05) is 95.9 Å². The highest BCUT2D eigenvalue weighted by molar-refractivity contribution is 8.14. The molecular formula is C35H33N5O3S. The Bertz CT molecular complexity index is 1790. The van der Waals surface area contributed by atoms with Gasteiger partial charge in [0.25, 0.3) is 5.24 Å². The normalized spacial score (nSPS) is 20.3. The second-order valence-electron chi connectivity index (χ2n) is 11.3. The first-order chi connectivity index (χ1) is 21.6. The number of ether oxygens (including phenoxy) is 2. The molecule has 0 bridgehead atoms. The zero-order valence-electron chi connectivity index (χ0n) is 24.5. The topological polar surface area (TPSA) is 82.4 Å². The number of benzene rings is 3. The SMILES string of the molecule is C=C[C@@H](Cn1cc(-c2ccc(Oc3ccccc3)cc2)nn1)[C@H]1CCN2C(=O)S[C@@H](c3ccnc4ccc(OC)cc34)[C@@H]2C1. The summed E-state index contributed by atoms with van der Waals surface area (Å²) in [6.45, 7) is 5.62. The smallest absolute Gasteiger partial charge is 0.282 e. The Balaban J connectivity index is 1.06. The van der Waals surface area contributed by atoms with Gasteiger partial charge in [-0.2, -0.15) is 0 Å². The molecule has 0 spiro atoms. The molecule has 4 heterocycles. The third-order valence-electron chi connectivity index (χ3n) is 8.76. The number of fused-ring (bicyclic) bond motifs is 2. The van der Waals surface area contributed by atoms with Crippen LogP contribution in [0, 0.1) is 11.8 Å². The summed E-state index contributed by atoms with van der Waals surface area (Å²) in [6.07, 6.45) is 7.71. The van der Waals surface area contributed by atoms with Gasteiger partial charge in [0.15, 0.2) is 0 Å². The van der Waals surface area contributed by atoms with E-state index in [1.165, 1.54) is 11.8 Å². The summed E-state index contributed by atoms with van der Waals surface area (Å²) in [4.78, 5) is 19.8. The number of hydrogen-bond acceptors (Lipinski definition) is 7. The summed E-state index contributed by atoms with van der Waals surface area (Å²) in [7, 11) is 1.67. The van der Waals surface area contributed by atoms with Crippen molar-refractivity contribution < 1.29 is 14.3 Å². The molecule has 9 heteroatoms. The maximum Gasteiger partial charge on any atom is 0.282 e. The van der Waals surface area contributed by atoms with E-state index in [2.05, 4.69) is 32.8 Å². The molecule has 3 aromatic carbocycles. The number of thioether (sulfide) groups is 1. The molecule has 2 saturated heterocycles. The lowest BCUT2D eigenvalue weighted by atomic mass is 9.79. The lowest BCUT2D eigenvalue weighted by Gasteiger charge is -2.39. The third kappa shape index (κ3) is 5.55. The molecule has 0 radical (unpaired) electrons. The highest BCUT2D eigenvalue weighted by Crippen LogP contribution is 2.50. The van der Waals surface area contributed by atoms with Crippen LogP contribution in [-0.4, -0.2) is 49.8 Å². The minimum Gasteiger partial charge on any atom is -0.497 e. The van der Waals surface area contributed by atoms with Crippen LogP contribution in [0.15, 0.2) is 104 Å². The van der Waals surface area contributed by atoms with Crippen LogP contribution in [0.1, 0.15) is 23.7 Å². The van der Waals surface area contributed by atoms with Gasteiger partial charge in [-0.15, -0.1) is 11.7 Å². The molecule has 7 rings (SSSR count). The minimum absolute atomic E-state index is 0.0280. The van der Waals surface area contributed by atoms with Crippen LogP contribution in [0.3, 0.4) is 0 Å². The molecule has 0 saturated carbocycles.